The highest BCUT2D eigenvalue weighted by Gasteiger charge is 2.21. The summed E-state index contributed by atoms with van der Waals surface area (Å²) in [5, 5.41) is 11.2. The fourth-order valence-electron chi connectivity index (χ4n) is 3.74. The number of aryl methyl sites for hydroxylation is 1. The van der Waals surface area contributed by atoms with Gasteiger partial charge in [0.25, 0.3) is 0 Å². The maximum absolute atomic E-state index is 11.5. The molecule has 8 heteroatoms. The Labute approximate surface area is 185 Å². The molecule has 2 aromatic heterocycles. The van der Waals surface area contributed by atoms with Crippen LogP contribution in [-0.4, -0.2) is 51.0 Å². The molecule has 3 atom stereocenters. The van der Waals surface area contributed by atoms with E-state index in [2.05, 4.69) is 45.8 Å². The van der Waals surface area contributed by atoms with Gasteiger partial charge in [-0.25, -0.2) is 4.98 Å². The number of nitrogens with one attached hydrogen (secondary N) is 2. The van der Waals surface area contributed by atoms with Gasteiger partial charge < -0.3 is 15.4 Å². The van der Waals surface area contributed by atoms with Crippen molar-refractivity contribution in [1.29, 1.82) is 0 Å². The molecule has 1 aromatic carbocycles. The molecule has 164 valence electrons. The van der Waals surface area contributed by atoms with Crippen molar-refractivity contribution in [1.82, 2.24) is 20.1 Å². The molecule has 0 radical (unpaired) electrons. The predicted molar refractivity (Wildman–Crippen MR) is 125 cm³/mol. The lowest BCUT2D eigenvalue weighted by Gasteiger charge is -2.27. The maximum atomic E-state index is 11.5. The topological polar surface area (TPSA) is 81.1 Å². The first kappa shape index (κ1) is 21.5. The van der Waals surface area contributed by atoms with Gasteiger partial charge in [-0.15, -0.1) is 0 Å². The normalized spacial score (nSPS) is 17.3. The van der Waals surface area contributed by atoms with Gasteiger partial charge in [-0.2, -0.15) is 5.10 Å². The molecule has 3 unspecified atom stereocenters. The van der Waals surface area contributed by atoms with Gasteiger partial charge in [-0.1, -0.05) is 31.2 Å². The van der Waals surface area contributed by atoms with Crippen LogP contribution in [0.2, 0.25) is 0 Å². The molecule has 0 aliphatic carbocycles. The van der Waals surface area contributed by atoms with Crippen LogP contribution in [0.4, 0.5) is 5.69 Å². The first-order chi connectivity index (χ1) is 15.0. The van der Waals surface area contributed by atoms with E-state index in [-0.39, 0.29) is 6.10 Å². The molecule has 0 bridgehead atoms. The van der Waals surface area contributed by atoms with E-state index in [4.69, 9.17) is 4.74 Å². The van der Waals surface area contributed by atoms with Crippen LogP contribution in [-0.2, 0) is 23.6 Å². The average Bonchev–Trinajstić information content (AvgIpc) is 3.19. The summed E-state index contributed by atoms with van der Waals surface area (Å²) in [5.74, 6) is 1.60. The summed E-state index contributed by atoms with van der Waals surface area (Å²) in [6.45, 7) is 4.51. The number of fused-ring (bicyclic) bond motifs is 1. The van der Waals surface area contributed by atoms with Gasteiger partial charge in [0.2, 0.25) is 5.88 Å². The van der Waals surface area contributed by atoms with E-state index in [0.29, 0.717) is 17.6 Å². The van der Waals surface area contributed by atoms with Crippen LogP contribution in [0, 0.1) is 0 Å². The van der Waals surface area contributed by atoms with E-state index >= 15 is 0 Å². The van der Waals surface area contributed by atoms with Crippen molar-refractivity contribution in [2.45, 2.75) is 24.7 Å². The Hall–Kier alpha value is -2.71. The number of benzene rings is 1. The first-order valence-corrected chi connectivity index (χ1v) is 12.2. The lowest BCUT2D eigenvalue weighted by atomic mass is 9.99. The van der Waals surface area contributed by atoms with E-state index in [9.17, 15) is 4.21 Å². The van der Waals surface area contributed by atoms with Crippen molar-refractivity contribution in [3.63, 3.8) is 0 Å². The number of rotatable bonds is 8. The number of anilines is 1. The van der Waals surface area contributed by atoms with Gasteiger partial charge in [-0.3, -0.25) is 8.89 Å². The van der Waals surface area contributed by atoms with Gasteiger partial charge in [-0.05, 0) is 23.1 Å². The minimum absolute atomic E-state index is 0.0188. The molecule has 1 aliphatic heterocycles. The maximum Gasteiger partial charge on any atom is 0.237 e. The number of hydrogen-bond acceptors (Lipinski definition) is 6. The summed E-state index contributed by atoms with van der Waals surface area (Å²) in [6.07, 6.45) is 7.38. The number of hydrogen-bond donors (Lipinski definition) is 2. The summed E-state index contributed by atoms with van der Waals surface area (Å²) in [5.41, 5.74) is 5.34. The third kappa shape index (κ3) is 5.51. The Morgan fingerprint density at radius 1 is 1.32 bits per heavy atom. The second-order valence-corrected chi connectivity index (χ2v) is 9.56. The molecule has 0 saturated carbocycles. The fraction of sp³-hybridized carbons (Fsp3) is 0.391. The zero-order valence-electron chi connectivity index (χ0n) is 18.2. The van der Waals surface area contributed by atoms with E-state index in [0.717, 1.165) is 42.0 Å². The molecule has 1 aliphatic rings. The Morgan fingerprint density at radius 3 is 2.97 bits per heavy atom. The Balaban J connectivity index is 1.29. The van der Waals surface area contributed by atoms with E-state index in [1.165, 1.54) is 5.56 Å². The predicted octanol–water partition coefficient (Wildman–Crippen LogP) is 2.93. The zero-order chi connectivity index (χ0) is 21.8. The van der Waals surface area contributed by atoms with Gasteiger partial charge >= 0.3 is 0 Å². The molecule has 0 spiro atoms. The van der Waals surface area contributed by atoms with E-state index in [1.807, 2.05) is 37.8 Å². The molecule has 3 heterocycles. The van der Waals surface area contributed by atoms with Crippen LogP contribution in [0.25, 0.3) is 11.1 Å². The minimum Gasteiger partial charge on any atom is -0.470 e. The number of ether oxygens (including phenoxy) is 1. The number of aromatic nitrogens is 3. The van der Waals surface area contributed by atoms with Crippen LogP contribution in [0.3, 0.4) is 0 Å². The summed E-state index contributed by atoms with van der Waals surface area (Å²) in [4.78, 5) is 4.50. The molecule has 4 rings (SSSR count). The molecule has 31 heavy (non-hydrogen) atoms. The molecule has 0 saturated heterocycles. The van der Waals surface area contributed by atoms with E-state index in [1.54, 1.807) is 10.9 Å². The lowest BCUT2D eigenvalue weighted by molar-refractivity contribution is 0.193. The largest absolute Gasteiger partial charge is 0.470 e. The smallest absolute Gasteiger partial charge is 0.237 e. The van der Waals surface area contributed by atoms with Gasteiger partial charge in [0.1, 0.15) is 6.10 Å². The summed E-state index contributed by atoms with van der Waals surface area (Å²) < 4.78 is 19.4. The molecule has 2 N–H and O–H groups in total. The standard InChI is InChI=1S/C23H29N5O2S/c1-16(18-6-4-5-17(7-18)15-31(3)29)9-24-12-21-13-25-22-8-19(10-26-23(22)30-21)20-11-27-28(2)14-20/h4-8,10-11,14,16,21,24-25H,9,12-13,15H2,1-3H3. The lowest BCUT2D eigenvalue weighted by Crippen LogP contribution is -2.40. The monoisotopic (exact) mass is 439 g/mol. The van der Waals surface area contributed by atoms with Crippen molar-refractivity contribution >= 4 is 16.5 Å². The third-order valence-corrected chi connectivity index (χ3v) is 6.14. The summed E-state index contributed by atoms with van der Waals surface area (Å²) in [6, 6.07) is 10.4. The molecule has 0 fully saturated rings. The van der Waals surface area contributed by atoms with Crippen LogP contribution < -0.4 is 15.4 Å². The molecule has 3 aromatic rings. The number of pyridine rings is 1. The molecular formula is C23H29N5O2S. The minimum atomic E-state index is -0.826. The highest BCUT2D eigenvalue weighted by Crippen LogP contribution is 2.31. The van der Waals surface area contributed by atoms with Crippen molar-refractivity contribution in [2.24, 2.45) is 7.05 Å². The van der Waals surface area contributed by atoms with Crippen LogP contribution >= 0.6 is 0 Å². The molecule has 7 nitrogen and oxygen atoms in total. The van der Waals surface area contributed by atoms with Crippen molar-refractivity contribution in [2.75, 3.05) is 31.2 Å². The van der Waals surface area contributed by atoms with Crippen molar-refractivity contribution in [3.05, 3.63) is 60.0 Å². The summed E-state index contributed by atoms with van der Waals surface area (Å²) in [7, 11) is 1.08. The highest BCUT2D eigenvalue weighted by molar-refractivity contribution is 7.83. The van der Waals surface area contributed by atoms with Crippen LogP contribution in [0.5, 0.6) is 5.88 Å². The average molecular weight is 440 g/mol. The quantitative estimate of drug-likeness (QED) is 0.562. The van der Waals surface area contributed by atoms with Gasteiger partial charge in [0.15, 0.2) is 0 Å². The Bertz CT molecular complexity index is 1070. The van der Waals surface area contributed by atoms with Crippen LogP contribution in [0.15, 0.2) is 48.9 Å². The fourth-order valence-corrected chi connectivity index (χ4v) is 4.39. The zero-order valence-corrected chi connectivity index (χ0v) is 19.0. The Kier molecular flexibility index (Phi) is 6.67. The SMILES string of the molecule is CC(CNCC1CNc2cc(-c3cnn(C)c3)cnc2O1)c1cccc(CS(C)=O)c1. The van der Waals surface area contributed by atoms with E-state index < -0.39 is 10.8 Å². The Morgan fingerprint density at radius 2 is 2.19 bits per heavy atom. The highest BCUT2D eigenvalue weighted by atomic mass is 32.2. The third-order valence-electron chi connectivity index (χ3n) is 5.40. The van der Waals surface area contributed by atoms with Crippen molar-refractivity contribution < 1.29 is 8.95 Å². The molecule has 0 amide bonds. The van der Waals surface area contributed by atoms with Crippen molar-refractivity contribution in [3.8, 4) is 17.0 Å². The summed E-state index contributed by atoms with van der Waals surface area (Å²) >= 11 is 0. The van der Waals surface area contributed by atoms with Crippen LogP contribution in [0.1, 0.15) is 24.0 Å². The number of nitrogens with zero attached hydrogens (tertiary/aromatic N) is 3. The first-order valence-electron chi connectivity index (χ1n) is 10.5. The van der Waals surface area contributed by atoms with Gasteiger partial charge in [0, 0.05) is 66.5 Å². The molecular weight excluding hydrogens is 410 g/mol. The second-order valence-electron chi connectivity index (χ2n) is 8.12. The second kappa shape index (κ2) is 9.62. The van der Waals surface area contributed by atoms with Gasteiger partial charge in [0.05, 0.1) is 18.4 Å².